The van der Waals surface area contributed by atoms with Crippen LogP contribution < -0.4 is 4.90 Å². The van der Waals surface area contributed by atoms with Crippen molar-refractivity contribution in [2.24, 2.45) is 0 Å². The fourth-order valence-electron chi connectivity index (χ4n) is 11.1. The molecule has 0 unspecified atom stereocenters. The Morgan fingerprint density at radius 2 is 0.772 bits per heavy atom. The fourth-order valence-corrected chi connectivity index (χ4v) is 11.1. The lowest BCUT2D eigenvalue weighted by Gasteiger charge is -2.46. The van der Waals surface area contributed by atoms with Crippen LogP contribution in [0.2, 0.25) is 0 Å². The van der Waals surface area contributed by atoms with Gasteiger partial charge in [-0.15, -0.1) is 0 Å². The van der Waals surface area contributed by atoms with Crippen molar-refractivity contribution in [1.82, 2.24) is 0 Å². The molecule has 1 spiro atoms. The van der Waals surface area contributed by atoms with Crippen LogP contribution in [0.15, 0.2) is 180 Å². The molecule has 2 heteroatoms. The Bertz CT molecular complexity index is 3110. The first-order valence-electron chi connectivity index (χ1n) is 20.2. The minimum Gasteiger partial charge on any atom is -0.456 e. The number of benzene rings is 8. The van der Waals surface area contributed by atoms with E-state index in [1.165, 1.54) is 66.8 Å². The van der Waals surface area contributed by atoms with Crippen LogP contribution in [-0.4, -0.2) is 0 Å². The lowest BCUT2D eigenvalue weighted by atomic mass is 9.55. The third kappa shape index (κ3) is 4.15. The van der Waals surface area contributed by atoms with Gasteiger partial charge in [0.15, 0.2) is 0 Å². The summed E-state index contributed by atoms with van der Waals surface area (Å²) in [6.45, 7) is 9.51. The van der Waals surface area contributed by atoms with Crippen LogP contribution in [0.4, 0.5) is 17.1 Å². The van der Waals surface area contributed by atoms with Crippen molar-refractivity contribution >= 4 is 39.0 Å². The van der Waals surface area contributed by atoms with Gasteiger partial charge in [0.2, 0.25) is 0 Å². The minimum atomic E-state index is -0.484. The third-order valence-electron chi connectivity index (χ3n) is 13.7. The van der Waals surface area contributed by atoms with Gasteiger partial charge in [-0.2, -0.15) is 0 Å². The number of nitrogens with zero attached hydrogens (tertiary/aromatic N) is 1. The Labute approximate surface area is 333 Å². The Morgan fingerprint density at radius 1 is 0.333 bits per heavy atom. The first kappa shape index (κ1) is 32.6. The smallest absolute Gasteiger partial charge is 0.135 e. The second-order valence-corrected chi connectivity index (χ2v) is 17.3. The maximum Gasteiger partial charge on any atom is 0.135 e. The van der Waals surface area contributed by atoms with Crippen LogP contribution in [-0.2, 0) is 16.2 Å². The number of para-hydroxylation sites is 1. The molecule has 1 heterocycles. The molecule has 8 aromatic carbocycles. The van der Waals surface area contributed by atoms with Crippen molar-refractivity contribution in [2.75, 3.05) is 4.90 Å². The van der Waals surface area contributed by atoms with Gasteiger partial charge in [-0.05, 0) is 115 Å². The van der Waals surface area contributed by atoms with Crippen molar-refractivity contribution in [3.8, 4) is 22.3 Å². The van der Waals surface area contributed by atoms with E-state index in [0.29, 0.717) is 0 Å². The van der Waals surface area contributed by atoms with Gasteiger partial charge in [-0.1, -0.05) is 155 Å². The van der Waals surface area contributed by atoms with Crippen molar-refractivity contribution in [3.63, 3.8) is 0 Å². The zero-order valence-corrected chi connectivity index (χ0v) is 32.6. The summed E-state index contributed by atoms with van der Waals surface area (Å²) in [5.41, 5.74) is 20.5. The van der Waals surface area contributed by atoms with E-state index in [0.717, 1.165) is 39.0 Å². The Balaban J connectivity index is 1.15. The largest absolute Gasteiger partial charge is 0.456 e. The molecule has 0 saturated carbocycles. The van der Waals surface area contributed by atoms with Gasteiger partial charge in [-0.25, -0.2) is 0 Å². The molecular weight excluding hydrogens is 691 g/mol. The van der Waals surface area contributed by atoms with Crippen LogP contribution in [0.1, 0.15) is 72.2 Å². The predicted molar refractivity (Wildman–Crippen MR) is 235 cm³/mol. The predicted octanol–water partition coefficient (Wildman–Crippen LogP) is 14.4. The number of fused-ring (bicyclic) bond motifs is 15. The topological polar surface area (TPSA) is 16.4 Å². The quantitative estimate of drug-likeness (QED) is 0.180. The second kappa shape index (κ2) is 11.2. The second-order valence-electron chi connectivity index (χ2n) is 17.3. The molecule has 0 saturated heterocycles. The molecular formula is C55H41NO. The molecule has 0 atom stereocenters. The van der Waals surface area contributed by atoms with E-state index in [1.54, 1.807) is 0 Å². The summed E-state index contributed by atoms with van der Waals surface area (Å²) in [6.07, 6.45) is 0. The molecule has 3 aliphatic rings. The number of furan rings is 1. The van der Waals surface area contributed by atoms with Gasteiger partial charge in [0.25, 0.3) is 0 Å². The van der Waals surface area contributed by atoms with E-state index in [4.69, 9.17) is 4.42 Å². The molecule has 12 rings (SSSR count). The molecule has 0 amide bonds. The van der Waals surface area contributed by atoms with Crippen molar-refractivity contribution < 1.29 is 4.42 Å². The summed E-state index contributed by atoms with van der Waals surface area (Å²) in [5.74, 6) is 0. The van der Waals surface area contributed by atoms with Gasteiger partial charge >= 0.3 is 0 Å². The molecule has 9 aromatic rings. The number of hydrogen-bond donors (Lipinski definition) is 0. The Hall–Kier alpha value is -6.64. The summed E-state index contributed by atoms with van der Waals surface area (Å²) >= 11 is 0. The maximum atomic E-state index is 6.36. The molecule has 3 aliphatic carbocycles. The van der Waals surface area contributed by atoms with Crippen LogP contribution >= 0.6 is 0 Å². The highest BCUT2D eigenvalue weighted by atomic mass is 16.3. The molecule has 272 valence electrons. The SMILES string of the molecule is CC1(C)c2ccccc2-c2ccc(N(c3ccc4c(c3)C3(c5ccccc5-4)c4ccccc4C(C)(C)c4ccccc43)c3ccc4oc5ccccc5c4c3)cc21. The van der Waals surface area contributed by atoms with E-state index < -0.39 is 5.41 Å². The highest BCUT2D eigenvalue weighted by molar-refractivity contribution is 6.06. The molecule has 0 aliphatic heterocycles. The molecule has 57 heavy (non-hydrogen) atoms. The van der Waals surface area contributed by atoms with Gasteiger partial charge in [-0.3, -0.25) is 0 Å². The average molecular weight is 732 g/mol. The Morgan fingerprint density at radius 3 is 1.46 bits per heavy atom. The van der Waals surface area contributed by atoms with Crippen molar-refractivity contribution in [3.05, 3.63) is 220 Å². The van der Waals surface area contributed by atoms with Crippen LogP contribution in [0.25, 0.3) is 44.2 Å². The first-order chi connectivity index (χ1) is 27.8. The summed E-state index contributed by atoms with van der Waals surface area (Å²) in [7, 11) is 0. The van der Waals surface area contributed by atoms with Gasteiger partial charge in [0.1, 0.15) is 11.2 Å². The third-order valence-corrected chi connectivity index (χ3v) is 13.7. The van der Waals surface area contributed by atoms with E-state index >= 15 is 0 Å². The van der Waals surface area contributed by atoms with Crippen molar-refractivity contribution in [2.45, 2.75) is 43.9 Å². The number of hydrogen-bond acceptors (Lipinski definition) is 2. The van der Waals surface area contributed by atoms with Gasteiger partial charge in [0.05, 0.1) is 5.41 Å². The first-order valence-corrected chi connectivity index (χ1v) is 20.2. The zero-order valence-electron chi connectivity index (χ0n) is 32.6. The molecule has 2 nitrogen and oxygen atoms in total. The van der Waals surface area contributed by atoms with Gasteiger partial charge < -0.3 is 9.32 Å². The fraction of sp³-hybridized carbons (Fsp3) is 0.127. The molecule has 0 N–H and O–H groups in total. The lowest BCUT2D eigenvalue weighted by Crippen LogP contribution is -2.40. The zero-order chi connectivity index (χ0) is 38.3. The molecule has 0 radical (unpaired) electrons. The average Bonchev–Trinajstić information content (AvgIpc) is 3.84. The van der Waals surface area contributed by atoms with E-state index in [1.807, 2.05) is 6.07 Å². The Kier molecular flexibility index (Phi) is 6.42. The molecule has 1 aromatic heterocycles. The summed E-state index contributed by atoms with van der Waals surface area (Å²) < 4.78 is 6.36. The lowest BCUT2D eigenvalue weighted by molar-refractivity contribution is 0.563. The van der Waals surface area contributed by atoms with Gasteiger partial charge in [0, 0.05) is 38.7 Å². The molecule has 0 bridgehead atoms. The summed E-state index contributed by atoms with van der Waals surface area (Å²) in [4.78, 5) is 2.47. The molecule has 0 fully saturated rings. The van der Waals surface area contributed by atoms with E-state index in [-0.39, 0.29) is 10.8 Å². The van der Waals surface area contributed by atoms with Crippen LogP contribution in [0, 0.1) is 0 Å². The van der Waals surface area contributed by atoms with E-state index in [9.17, 15) is 0 Å². The maximum absolute atomic E-state index is 6.36. The number of rotatable bonds is 3. The van der Waals surface area contributed by atoms with Crippen molar-refractivity contribution in [1.29, 1.82) is 0 Å². The van der Waals surface area contributed by atoms with Crippen LogP contribution in [0.3, 0.4) is 0 Å². The van der Waals surface area contributed by atoms with Crippen LogP contribution in [0.5, 0.6) is 0 Å². The highest BCUT2D eigenvalue weighted by Gasteiger charge is 2.53. The monoisotopic (exact) mass is 731 g/mol. The van der Waals surface area contributed by atoms with E-state index in [2.05, 4.69) is 202 Å². The normalized spacial score (nSPS) is 15.8. The summed E-state index contributed by atoms with van der Waals surface area (Å²) in [5, 5.41) is 2.24. The minimum absolute atomic E-state index is 0.135. The summed E-state index contributed by atoms with van der Waals surface area (Å²) in [6, 6.07) is 65.8. The number of anilines is 3. The highest BCUT2D eigenvalue weighted by Crippen LogP contribution is 2.63. The standard InChI is InChI=1S/C55H41NO/c1-53(2)43-18-8-5-15-37(43)39-28-25-35(32-49(39)53)56(34-27-30-52-42(31-34)41-17-7-14-24-51(41)57-52)36-26-29-40-38-16-6-9-19-44(38)55(50(40)33-36)47-22-12-10-20-45(47)54(3,4)46-21-11-13-23-48(46)55/h5-33H,1-4H3.